The topological polar surface area (TPSA) is 91.8 Å². The lowest BCUT2D eigenvalue weighted by Crippen LogP contribution is -2.28. The predicted octanol–water partition coefficient (Wildman–Crippen LogP) is 1.33. The molecule has 2 aromatic heterocycles. The van der Waals surface area contributed by atoms with Crippen molar-refractivity contribution >= 4 is 5.95 Å². The molecule has 0 radical (unpaired) electrons. The summed E-state index contributed by atoms with van der Waals surface area (Å²) in [6.45, 7) is 1.99. The van der Waals surface area contributed by atoms with Gasteiger partial charge >= 0.3 is 0 Å². The van der Waals surface area contributed by atoms with Gasteiger partial charge in [0, 0.05) is 23.8 Å². The minimum atomic E-state index is -0.499. The summed E-state index contributed by atoms with van der Waals surface area (Å²) in [6.07, 6.45) is 7.02. The number of rotatable bonds is 3. The SMILES string of the molecule is Cc1c[n+](C)ccc1CC1C([N+](=O)[O-])=C[N-]c2ncnn21. The molecular weight excluding hydrogens is 272 g/mol. The van der Waals surface area contributed by atoms with E-state index < -0.39 is 11.0 Å². The normalized spacial score (nSPS) is 16.9. The molecule has 1 aliphatic rings. The van der Waals surface area contributed by atoms with Crippen LogP contribution in [-0.4, -0.2) is 19.7 Å². The third-order valence-electron chi connectivity index (χ3n) is 3.54. The van der Waals surface area contributed by atoms with Gasteiger partial charge in [-0.1, -0.05) is 0 Å². The van der Waals surface area contributed by atoms with Gasteiger partial charge in [0.2, 0.25) is 0 Å². The number of fused-ring (bicyclic) bond motifs is 1. The van der Waals surface area contributed by atoms with Gasteiger partial charge in [0.1, 0.15) is 13.1 Å². The Bertz CT molecular complexity index is 736. The quantitative estimate of drug-likeness (QED) is 0.483. The molecule has 0 saturated carbocycles. The van der Waals surface area contributed by atoms with Gasteiger partial charge in [0.05, 0.1) is 11.3 Å². The molecule has 1 atom stereocenters. The van der Waals surface area contributed by atoms with Crippen molar-refractivity contribution in [2.45, 2.75) is 19.4 Å². The van der Waals surface area contributed by atoms with E-state index in [1.807, 2.05) is 37.0 Å². The molecule has 0 saturated heterocycles. The molecule has 0 N–H and O–H groups in total. The minimum Gasteiger partial charge on any atom is -0.359 e. The zero-order chi connectivity index (χ0) is 15.0. The number of nitro groups is 1. The van der Waals surface area contributed by atoms with Crippen molar-refractivity contribution in [1.82, 2.24) is 14.8 Å². The second-order valence-electron chi connectivity index (χ2n) is 4.98. The number of aromatic nitrogens is 4. The zero-order valence-corrected chi connectivity index (χ0v) is 11.7. The molecule has 8 heteroatoms. The Labute approximate surface area is 120 Å². The van der Waals surface area contributed by atoms with Crippen LogP contribution in [0, 0.1) is 17.0 Å². The fraction of sp³-hybridized carbons (Fsp3) is 0.308. The van der Waals surface area contributed by atoms with E-state index in [9.17, 15) is 10.1 Å². The first-order valence-electron chi connectivity index (χ1n) is 6.46. The second kappa shape index (κ2) is 4.97. The third kappa shape index (κ3) is 2.35. The second-order valence-corrected chi connectivity index (χ2v) is 4.98. The van der Waals surface area contributed by atoms with Crippen molar-refractivity contribution in [3.63, 3.8) is 0 Å². The molecule has 2 aromatic rings. The van der Waals surface area contributed by atoms with Crippen molar-refractivity contribution in [3.05, 3.63) is 63.2 Å². The summed E-state index contributed by atoms with van der Waals surface area (Å²) in [5.41, 5.74) is 2.14. The predicted molar refractivity (Wildman–Crippen MR) is 73.2 cm³/mol. The van der Waals surface area contributed by atoms with E-state index in [-0.39, 0.29) is 5.70 Å². The Morgan fingerprint density at radius 1 is 1.57 bits per heavy atom. The van der Waals surface area contributed by atoms with Gasteiger partial charge in [-0.2, -0.15) is 0 Å². The first kappa shape index (κ1) is 13.2. The smallest absolute Gasteiger partial charge is 0.259 e. The van der Waals surface area contributed by atoms with Crippen molar-refractivity contribution in [2.75, 3.05) is 0 Å². The molecule has 0 spiro atoms. The highest BCUT2D eigenvalue weighted by molar-refractivity contribution is 5.42. The van der Waals surface area contributed by atoms with Crippen LogP contribution in [0.15, 0.2) is 36.7 Å². The molecule has 0 bridgehead atoms. The van der Waals surface area contributed by atoms with Crippen LogP contribution < -0.4 is 4.57 Å². The van der Waals surface area contributed by atoms with Crippen molar-refractivity contribution in [2.24, 2.45) is 7.05 Å². The zero-order valence-electron chi connectivity index (χ0n) is 11.7. The van der Waals surface area contributed by atoms with Crippen molar-refractivity contribution in [3.8, 4) is 0 Å². The van der Waals surface area contributed by atoms with Crippen LogP contribution in [-0.2, 0) is 13.5 Å². The van der Waals surface area contributed by atoms with Gasteiger partial charge in [0.25, 0.3) is 5.70 Å². The Hall–Kier alpha value is -2.77. The number of hydrogen-bond acceptors (Lipinski definition) is 4. The van der Waals surface area contributed by atoms with E-state index >= 15 is 0 Å². The van der Waals surface area contributed by atoms with Crippen LogP contribution in [0.5, 0.6) is 0 Å². The highest BCUT2D eigenvalue weighted by Gasteiger charge is 2.28. The van der Waals surface area contributed by atoms with E-state index in [0.29, 0.717) is 12.4 Å². The average molecular weight is 286 g/mol. The maximum atomic E-state index is 11.2. The lowest BCUT2D eigenvalue weighted by atomic mass is 10.0. The van der Waals surface area contributed by atoms with Crippen LogP contribution in [0.1, 0.15) is 17.2 Å². The fourth-order valence-corrected chi connectivity index (χ4v) is 2.46. The van der Waals surface area contributed by atoms with Crippen LogP contribution >= 0.6 is 0 Å². The Morgan fingerprint density at radius 3 is 3.10 bits per heavy atom. The summed E-state index contributed by atoms with van der Waals surface area (Å²) in [7, 11) is 1.94. The lowest BCUT2D eigenvalue weighted by molar-refractivity contribution is -0.671. The van der Waals surface area contributed by atoms with E-state index in [0.717, 1.165) is 11.1 Å². The van der Waals surface area contributed by atoms with Crippen LogP contribution in [0.3, 0.4) is 0 Å². The third-order valence-corrected chi connectivity index (χ3v) is 3.54. The maximum absolute atomic E-state index is 11.2. The summed E-state index contributed by atoms with van der Waals surface area (Å²) in [5.74, 6) is 0.393. The Morgan fingerprint density at radius 2 is 2.38 bits per heavy atom. The van der Waals surface area contributed by atoms with Crippen molar-refractivity contribution < 1.29 is 9.49 Å². The van der Waals surface area contributed by atoms with E-state index in [1.165, 1.54) is 17.2 Å². The molecule has 21 heavy (non-hydrogen) atoms. The Balaban J connectivity index is 1.99. The van der Waals surface area contributed by atoms with Gasteiger partial charge in [0.15, 0.2) is 12.4 Å². The molecular formula is C13H14N6O2. The van der Waals surface area contributed by atoms with Crippen LogP contribution in [0.25, 0.3) is 5.32 Å². The summed E-state index contributed by atoms with van der Waals surface area (Å²) in [4.78, 5) is 14.8. The number of pyridine rings is 1. The summed E-state index contributed by atoms with van der Waals surface area (Å²) in [6, 6.07) is 1.47. The molecule has 0 amide bonds. The van der Waals surface area contributed by atoms with Gasteiger partial charge in [-0.15, -0.1) is 0 Å². The standard InChI is InChI=1S/C13H14N6O2/c1-9-7-17(2)4-3-10(9)5-11-12(19(20)21)6-14-13-15-8-16-18(11)13/h3-4,6-8,11H,5H2,1-2H3. The maximum Gasteiger partial charge on any atom is 0.259 e. The van der Waals surface area contributed by atoms with E-state index in [1.54, 1.807) is 0 Å². The van der Waals surface area contributed by atoms with Gasteiger partial charge in [-0.3, -0.25) is 10.1 Å². The van der Waals surface area contributed by atoms with Crippen molar-refractivity contribution in [1.29, 1.82) is 0 Å². The molecule has 3 heterocycles. The van der Waals surface area contributed by atoms with Gasteiger partial charge in [-0.25, -0.2) is 9.67 Å². The molecule has 0 fully saturated rings. The van der Waals surface area contributed by atoms with Gasteiger partial charge in [-0.05, 0) is 18.9 Å². The van der Waals surface area contributed by atoms with Crippen LogP contribution in [0.2, 0.25) is 0 Å². The number of hydrogen-bond donors (Lipinski definition) is 0. The van der Waals surface area contributed by atoms with Crippen LogP contribution in [0.4, 0.5) is 5.95 Å². The summed E-state index contributed by atoms with van der Waals surface area (Å²) >= 11 is 0. The van der Waals surface area contributed by atoms with Gasteiger partial charge < -0.3 is 15.0 Å². The number of allylic oxidation sites excluding steroid dienone is 1. The fourth-order valence-electron chi connectivity index (χ4n) is 2.46. The number of aryl methyl sites for hydroxylation is 2. The molecule has 0 aromatic carbocycles. The molecule has 108 valence electrons. The molecule has 8 nitrogen and oxygen atoms in total. The minimum absolute atomic E-state index is 0.0284. The Kier molecular flexibility index (Phi) is 3.13. The van der Waals surface area contributed by atoms with E-state index in [4.69, 9.17) is 0 Å². The molecule has 1 aliphatic heterocycles. The van der Waals surface area contributed by atoms with E-state index in [2.05, 4.69) is 15.4 Å². The molecule has 3 rings (SSSR count). The highest BCUT2D eigenvalue weighted by Crippen LogP contribution is 2.34. The lowest BCUT2D eigenvalue weighted by Gasteiger charge is -2.26. The average Bonchev–Trinajstić information content (AvgIpc) is 2.90. The first-order valence-corrected chi connectivity index (χ1v) is 6.46. The highest BCUT2D eigenvalue weighted by atomic mass is 16.6. The number of nitrogens with zero attached hydrogens (tertiary/aromatic N) is 6. The largest absolute Gasteiger partial charge is 0.359 e. The monoisotopic (exact) mass is 286 g/mol. The molecule has 0 aliphatic carbocycles. The summed E-state index contributed by atoms with van der Waals surface area (Å²) < 4.78 is 3.45. The molecule has 1 unspecified atom stereocenters. The summed E-state index contributed by atoms with van der Waals surface area (Å²) in [5, 5.41) is 19.3. The first-order chi connectivity index (χ1) is 10.1.